The van der Waals surface area contributed by atoms with Crippen molar-refractivity contribution in [2.45, 2.75) is 13.0 Å². The molecule has 3 nitrogen and oxygen atoms in total. The smallest absolute Gasteiger partial charge is 0.113 e. The second-order valence-electron chi connectivity index (χ2n) is 3.40. The fourth-order valence-electron chi connectivity index (χ4n) is 1.51. The van der Waals surface area contributed by atoms with Crippen molar-refractivity contribution >= 4 is 11.3 Å². The maximum absolute atomic E-state index is 4.39. The summed E-state index contributed by atoms with van der Waals surface area (Å²) < 4.78 is 2.20. The van der Waals surface area contributed by atoms with Crippen molar-refractivity contribution in [1.29, 1.82) is 0 Å². The molecule has 15 heavy (non-hydrogen) atoms. The van der Waals surface area contributed by atoms with Gasteiger partial charge in [-0.3, -0.25) is 0 Å². The normalized spacial score (nSPS) is 10.7. The van der Waals surface area contributed by atoms with E-state index in [2.05, 4.69) is 32.4 Å². The van der Waals surface area contributed by atoms with Gasteiger partial charge in [-0.2, -0.15) is 0 Å². The first-order chi connectivity index (χ1) is 7.40. The van der Waals surface area contributed by atoms with Crippen LogP contribution in [-0.2, 0) is 13.0 Å². The third-order valence-corrected chi connectivity index (χ3v) is 3.19. The van der Waals surface area contributed by atoms with E-state index in [0.29, 0.717) is 0 Å². The molecule has 80 valence electrons. The average molecular weight is 221 g/mol. The number of imidazole rings is 1. The maximum Gasteiger partial charge on any atom is 0.113 e. The molecular formula is C11H15N3S. The SMILES string of the molecule is CNCCn1ccnc1Cc1cccs1. The Morgan fingerprint density at radius 3 is 3.20 bits per heavy atom. The number of aromatic nitrogens is 2. The van der Waals surface area contributed by atoms with E-state index in [1.54, 1.807) is 11.3 Å². The van der Waals surface area contributed by atoms with Crippen molar-refractivity contribution in [1.82, 2.24) is 14.9 Å². The molecule has 0 amide bonds. The van der Waals surface area contributed by atoms with E-state index in [0.717, 1.165) is 25.3 Å². The van der Waals surface area contributed by atoms with Crippen LogP contribution in [0.15, 0.2) is 29.9 Å². The molecule has 0 aliphatic rings. The number of likely N-dealkylation sites (N-methyl/N-ethyl adjacent to an activating group) is 1. The fraction of sp³-hybridized carbons (Fsp3) is 0.364. The number of hydrogen-bond donors (Lipinski definition) is 1. The van der Waals surface area contributed by atoms with Crippen LogP contribution >= 0.6 is 11.3 Å². The van der Waals surface area contributed by atoms with E-state index >= 15 is 0 Å². The van der Waals surface area contributed by atoms with Crippen molar-refractivity contribution in [2.24, 2.45) is 0 Å². The summed E-state index contributed by atoms with van der Waals surface area (Å²) in [5, 5.41) is 5.25. The third kappa shape index (κ3) is 2.67. The first kappa shape index (κ1) is 10.4. The second-order valence-corrected chi connectivity index (χ2v) is 4.43. The monoisotopic (exact) mass is 221 g/mol. The molecule has 0 spiro atoms. The maximum atomic E-state index is 4.39. The Balaban J connectivity index is 2.04. The predicted molar refractivity (Wildman–Crippen MR) is 63.3 cm³/mol. The quantitative estimate of drug-likeness (QED) is 0.833. The molecule has 2 aromatic rings. The summed E-state index contributed by atoms with van der Waals surface area (Å²) in [5.74, 6) is 1.15. The van der Waals surface area contributed by atoms with E-state index in [9.17, 15) is 0 Å². The molecule has 2 rings (SSSR count). The molecule has 4 heteroatoms. The molecule has 0 aliphatic carbocycles. The zero-order valence-electron chi connectivity index (χ0n) is 8.81. The van der Waals surface area contributed by atoms with E-state index in [1.807, 2.05) is 19.4 Å². The lowest BCUT2D eigenvalue weighted by atomic mass is 10.3. The first-order valence-corrected chi connectivity index (χ1v) is 5.95. The number of rotatable bonds is 5. The van der Waals surface area contributed by atoms with Gasteiger partial charge >= 0.3 is 0 Å². The highest BCUT2D eigenvalue weighted by atomic mass is 32.1. The van der Waals surface area contributed by atoms with Crippen LogP contribution in [0.4, 0.5) is 0 Å². The second kappa shape index (κ2) is 5.09. The lowest BCUT2D eigenvalue weighted by molar-refractivity contribution is 0.622. The van der Waals surface area contributed by atoms with E-state index in [4.69, 9.17) is 0 Å². The Hall–Kier alpha value is -1.13. The van der Waals surface area contributed by atoms with Crippen molar-refractivity contribution in [3.8, 4) is 0 Å². The number of nitrogens with zero attached hydrogens (tertiary/aromatic N) is 2. The van der Waals surface area contributed by atoms with E-state index < -0.39 is 0 Å². The molecule has 0 bridgehead atoms. The van der Waals surface area contributed by atoms with Gasteiger partial charge < -0.3 is 9.88 Å². The molecular weight excluding hydrogens is 206 g/mol. The molecule has 2 aromatic heterocycles. The Labute approximate surface area is 93.8 Å². The molecule has 0 saturated heterocycles. The van der Waals surface area contributed by atoms with Crippen LogP contribution in [0.2, 0.25) is 0 Å². The Morgan fingerprint density at radius 1 is 1.53 bits per heavy atom. The van der Waals surface area contributed by atoms with Gasteiger partial charge in [-0.15, -0.1) is 11.3 Å². The standard InChI is InChI=1S/C11H15N3S/c1-12-4-6-14-7-5-13-11(14)9-10-3-2-8-15-10/h2-3,5,7-8,12H,4,6,9H2,1H3. The van der Waals surface area contributed by atoms with Gasteiger partial charge in [0.05, 0.1) is 0 Å². The molecule has 0 unspecified atom stereocenters. The molecule has 0 aliphatic heterocycles. The largest absolute Gasteiger partial charge is 0.333 e. The van der Waals surface area contributed by atoms with Gasteiger partial charge in [-0.05, 0) is 18.5 Å². The summed E-state index contributed by atoms with van der Waals surface area (Å²) in [4.78, 5) is 5.75. The van der Waals surface area contributed by atoms with Crippen LogP contribution in [0.1, 0.15) is 10.7 Å². The number of nitrogens with one attached hydrogen (secondary N) is 1. The van der Waals surface area contributed by atoms with E-state index in [1.165, 1.54) is 4.88 Å². The Bertz CT molecular complexity index is 392. The van der Waals surface area contributed by atoms with E-state index in [-0.39, 0.29) is 0 Å². The van der Waals surface area contributed by atoms with Crippen LogP contribution in [0.5, 0.6) is 0 Å². The lowest BCUT2D eigenvalue weighted by Gasteiger charge is -2.06. The molecule has 0 radical (unpaired) electrons. The Kier molecular flexibility index (Phi) is 3.53. The number of thiophene rings is 1. The summed E-state index contributed by atoms with van der Waals surface area (Å²) in [6.07, 6.45) is 4.85. The highest BCUT2D eigenvalue weighted by Crippen LogP contribution is 2.13. The highest BCUT2D eigenvalue weighted by molar-refractivity contribution is 7.09. The van der Waals surface area contributed by atoms with Gasteiger partial charge in [0, 0.05) is 36.8 Å². The third-order valence-electron chi connectivity index (χ3n) is 2.32. The van der Waals surface area contributed by atoms with Gasteiger partial charge in [0.25, 0.3) is 0 Å². The topological polar surface area (TPSA) is 29.9 Å². The van der Waals surface area contributed by atoms with Crippen LogP contribution in [0, 0.1) is 0 Å². The molecule has 0 aromatic carbocycles. The number of hydrogen-bond acceptors (Lipinski definition) is 3. The summed E-state index contributed by atoms with van der Waals surface area (Å²) in [6.45, 7) is 1.96. The summed E-state index contributed by atoms with van der Waals surface area (Å²) in [5.41, 5.74) is 0. The van der Waals surface area contributed by atoms with Gasteiger partial charge in [-0.1, -0.05) is 6.07 Å². The van der Waals surface area contributed by atoms with Gasteiger partial charge in [-0.25, -0.2) is 4.98 Å². The van der Waals surface area contributed by atoms with Gasteiger partial charge in [0.15, 0.2) is 0 Å². The summed E-state index contributed by atoms with van der Waals surface area (Å²) >= 11 is 1.78. The van der Waals surface area contributed by atoms with Crippen LogP contribution in [0.3, 0.4) is 0 Å². The van der Waals surface area contributed by atoms with Gasteiger partial charge in [0.2, 0.25) is 0 Å². The first-order valence-electron chi connectivity index (χ1n) is 5.07. The molecule has 0 saturated carbocycles. The lowest BCUT2D eigenvalue weighted by Crippen LogP contribution is -2.16. The molecule has 1 N–H and O–H groups in total. The van der Waals surface area contributed by atoms with Gasteiger partial charge in [0.1, 0.15) is 5.82 Å². The van der Waals surface area contributed by atoms with Crippen LogP contribution in [0.25, 0.3) is 0 Å². The van der Waals surface area contributed by atoms with Crippen molar-refractivity contribution < 1.29 is 0 Å². The summed E-state index contributed by atoms with van der Waals surface area (Å²) in [7, 11) is 1.97. The minimum atomic E-state index is 0.939. The zero-order valence-corrected chi connectivity index (χ0v) is 9.63. The summed E-state index contributed by atoms with van der Waals surface area (Å²) in [6, 6.07) is 4.24. The van der Waals surface area contributed by atoms with Crippen molar-refractivity contribution in [2.75, 3.05) is 13.6 Å². The van der Waals surface area contributed by atoms with Crippen LogP contribution in [-0.4, -0.2) is 23.1 Å². The van der Waals surface area contributed by atoms with Crippen molar-refractivity contribution in [3.63, 3.8) is 0 Å². The minimum Gasteiger partial charge on any atom is -0.333 e. The zero-order chi connectivity index (χ0) is 10.5. The molecule has 0 atom stereocenters. The van der Waals surface area contributed by atoms with Crippen LogP contribution < -0.4 is 5.32 Å². The average Bonchev–Trinajstić information content (AvgIpc) is 2.87. The fourth-order valence-corrected chi connectivity index (χ4v) is 2.21. The van der Waals surface area contributed by atoms with Crippen molar-refractivity contribution in [3.05, 3.63) is 40.6 Å². The molecule has 2 heterocycles. The highest BCUT2D eigenvalue weighted by Gasteiger charge is 2.03. The minimum absolute atomic E-state index is 0.939. The Morgan fingerprint density at radius 2 is 2.47 bits per heavy atom. The molecule has 0 fully saturated rings. The predicted octanol–water partition coefficient (Wildman–Crippen LogP) is 1.75.